The third kappa shape index (κ3) is 3.23. The summed E-state index contributed by atoms with van der Waals surface area (Å²) in [6, 6.07) is 6.14. The molecule has 0 radical (unpaired) electrons. The zero-order chi connectivity index (χ0) is 16.2. The van der Waals surface area contributed by atoms with E-state index in [1.54, 1.807) is 23.2 Å². The fourth-order valence-electron chi connectivity index (χ4n) is 2.78. The summed E-state index contributed by atoms with van der Waals surface area (Å²) in [4.78, 5) is 28.7. The Morgan fingerprint density at radius 1 is 1.26 bits per heavy atom. The summed E-state index contributed by atoms with van der Waals surface area (Å²) >= 11 is 0. The van der Waals surface area contributed by atoms with Crippen molar-refractivity contribution in [2.24, 2.45) is 0 Å². The van der Waals surface area contributed by atoms with Gasteiger partial charge in [-0.2, -0.15) is 0 Å². The van der Waals surface area contributed by atoms with Gasteiger partial charge in [0, 0.05) is 25.4 Å². The van der Waals surface area contributed by atoms with Gasteiger partial charge in [-0.05, 0) is 37.5 Å². The lowest BCUT2D eigenvalue weighted by Crippen LogP contribution is -2.38. The lowest BCUT2D eigenvalue weighted by Gasteiger charge is -2.26. The predicted molar refractivity (Wildman–Crippen MR) is 84.3 cm³/mol. The van der Waals surface area contributed by atoms with Gasteiger partial charge in [-0.1, -0.05) is 0 Å². The molecule has 7 nitrogen and oxygen atoms in total. The molecule has 0 bridgehead atoms. The molecule has 23 heavy (non-hydrogen) atoms. The number of rotatable bonds is 4. The van der Waals surface area contributed by atoms with Crippen molar-refractivity contribution in [1.82, 2.24) is 9.88 Å². The average Bonchev–Trinajstić information content (AvgIpc) is 2.59. The Morgan fingerprint density at radius 2 is 2.04 bits per heavy atom. The maximum Gasteiger partial charge on any atom is 0.279 e. The molecule has 1 fully saturated rings. The van der Waals surface area contributed by atoms with Gasteiger partial charge in [0.1, 0.15) is 11.3 Å². The highest BCUT2D eigenvalue weighted by atomic mass is 16.6. The topological polar surface area (TPSA) is 85.6 Å². The third-order valence-electron chi connectivity index (χ3n) is 3.97. The fourth-order valence-corrected chi connectivity index (χ4v) is 2.78. The zero-order valence-corrected chi connectivity index (χ0v) is 12.6. The van der Waals surface area contributed by atoms with Crippen LogP contribution in [0.4, 0.5) is 5.69 Å². The quantitative estimate of drug-likeness (QED) is 0.639. The number of fused-ring (bicyclic) bond motifs is 1. The highest BCUT2D eigenvalue weighted by Crippen LogP contribution is 2.31. The molecule has 2 heterocycles. The highest BCUT2D eigenvalue weighted by Gasteiger charge is 2.19. The van der Waals surface area contributed by atoms with Crippen LogP contribution in [0.15, 0.2) is 30.5 Å². The van der Waals surface area contributed by atoms with E-state index < -0.39 is 4.92 Å². The van der Waals surface area contributed by atoms with Crippen molar-refractivity contribution in [3.8, 4) is 5.75 Å². The molecule has 0 aliphatic carbocycles. The molecule has 2 aromatic rings. The van der Waals surface area contributed by atoms with Crippen LogP contribution in [0.1, 0.15) is 19.3 Å². The number of nitro benzene ring substituents is 1. The van der Waals surface area contributed by atoms with Crippen LogP contribution in [0.5, 0.6) is 5.75 Å². The van der Waals surface area contributed by atoms with Gasteiger partial charge in [0.25, 0.3) is 11.6 Å². The minimum atomic E-state index is -0.452. The lowest BCUT2D eigenvalue weighted by atomic mass is 10.1. The standard InChI is InChI=1S/C16H17N3O4/c20-15(18-9-2-1-3-10-18)11-23-14-7-6-13(19(21)22)12-5-4-8-17-16(12)14/h4-8H,1-3,9-11H2. The summed E-state index contributed by atoms with van der Waals surface area (Å²) in [5, 5.41) is 11.5. The second-order valence-electron chi connectivity index (χ2n) is 5.47. The van der Waals surface area contributed by atoms with Crippen molar-refractivity contribution < 1.29 is 14.5 Å². The normalized spacial score (nSPS) is 14.7. The van der Waals surface area contributed by atoms with E-state index in [1.807, 2.05) is 0 Å². The van der Waals surface area contributed by atoms with Crippen LogP contribution < -0.4 is 4.74 Å². The molecule has 7 heteroatoms. The van der Waals surface area contributed by atoms with E-state index in [-0.39, 0.29) is 18.2 Å². The molecule has 0 unspecified atom stereocenters. The van der Waals surface area contributed by atoms with Gasteiger partial charge in [0.2, 0.25) is 0 Å². The smallest absolute Gasteiger partial charge is 0.279 e. The monoisotopic (exact) mass is 315 g/mol. The van der Waals surface area contributed by atoms with E-state index in [0.717, 1.165) is 32.4 Å². The lowest BCUT2D eigenvalue weighted by molar-refractivity contribution is -0.383. The van der Waals surface area contributed by atoms with Crippen molar-refractivity contribution in [3.63, 3.8) is 0 Å². The van der Waals surface area contributed by atoms with Crippen molar-refractivity contribution in [3.05, 3.63) is 40.6 Å². The van der Waals surface area contributed by atoms with Gasteiger partial charge in [-0.15, -0.1) is 0 Å². The van der Waals surface area contributed by atoms with Crippen LogP contribution in [-0.4, -0.2) is 40.4 Å². The largest absolute Gasteiger partial charge is 0.481 e. The number of ether oxygens (including phenoxy) is 1. The summed E-state index contributed by atoms with van der Waals surface area (Å²) in [5.74, 6) is 0.323. The maximum atomic E-state index is 12.2. The Balaban J connectivity index is 1.79. The second kappa shape index (κ2) is 6.60. The number of nitrogens with zero attached hydrogens (tertiary/aromatic N) is 3. The summed E-state index contributed by atoms with van der Waals surface area (Å²) in [7, 11) is 0. The Kier molecular flexibility index (Phi) is 4.36. The first-order valence-electron chi connectivity index (χ1n) is 7.59. The molecule has 0 saturated carbocycles. The van der Waals surface area contributed by atoms with Crippen LogP contribution in [-0.2, 0) is 4.79 Å². The number of amides is 1. The van der Waals surface area contributed by atoms with Gasteiger partial charge in [-0.3, -0.25) is 19.9 Å². The number of hydrogen-bond donors (Lipinski definition) is 0. The number of piperidine rings is 1. The Bertz CT molecular complexity index is 741. The molecule has 0 atom stereocenters. The predicted octanol–water partition coefficient (Wildman–Crippen LogP) is 2.53. The van der Waals surface area contributed by atoms with E-state index in [1.165, 1.54) is 12.1 Å². The van der Waals surface area contributed by atoms with Gasteiger partial charge < -0.3 is 9.64 Å². The van der Waals surface area contributed by atoms with Crippen LogP contribution in [0.25, 0.3) is 10.9 Å². The second-order valence-corrected chi connectivity index (χ2v) is 5.47. The van der Waals surface area contributed by atoms with Gasteiger partial charge in [-0.25, -0.2) is 0 Å². The van der Waals surface area contributed by atoms with Crippen molar-refractivity contribution in [2.45, 2.75) is 19.3 Å². The van der Waals surface area contributed by atoms with Gasteiger partial charge >= 0.3 is 0 Å². The number of hydrogen-bond acceptors (Lipinski definition) is 5. The van der Waals surface area contributed by atoms with E-state index in [9.17, 15) is 14.9 Å². The molecule has 1 aliphatic heterocycles. The maximum absolute atomic E-state index is 12.2. The SMILES string of the molecule is O=C(COc1ccc([N+](=O)[O-])c2cccnc12)N1CCCCC1. The number of non-ortho nitro benzene ring substituents is 1. The third-order valence-corrected chi connectivity index (χ3v) is 3.97. The number of pyridine rings is 1. The highest BCUT2D eigenvalue weighted by molar-refractivity contribution is 5.92. The summed E-state index contributed by atoms with van der Waals surface area (Å²) in [6.45, 7) is 1.45. The molecule has 1 saturated heterocycles. The molecule has 1 aromatic carbocycles. The van der Waals surface area contributed by atoms with Crippen LogP contribution in [0, 0.1) is 10.1 Å². The number of carbonyl (C=O) groups excluding carboxylic acids is 1. The molecule has 120 valence electrons. The molecular weight excluding hydrogens is 298 g/mol. The first-order valence-corrected chi connectivity index (χ1v) is 7.59. The number of benzene rings is 1. The number of likely N-dealkylation sites (tertiary alicyclic amines) is 1. The van der Waals surface area contributed by atoms with Crippen molar-refractivity contribution in [2.75, 3.05) is 19.7 Å². The minimum absolute atomic E-state index is 0.0252. The van der Waals surface area contributed by atoms with E-state index in [2.05, 4.69) is 4.98 Å². The number of aromatic nitrogens is 1. The molecule has 0 spiro atoms. The Labute approximate surface area is 133 Å². The number of carbonyl (C=O) groups is 1. The minimum Gasteiger partial charge on any atom is -0.481 e. The molecule has 1 amide bonds. The van der Waals surface area contributed by atoms with Gasteiger partial charge in [0.05, 0.1) is 10.3 Å². The fraction of sp³-hybridized carbons (Fsp3) is 0.375. The average molecular weight is 315 g/mol. The van der Waals surface area contributed by atoms with Crippen LogP contribution in [0.3, 0.4) is 0 Å². The first-order chi connectivity index (χ1) is 11.2. The van der Waals surface area contributed by atoms with Gasteiger partial charge in [0.15, 0.2) is 6.61 Å². The Hall–Kier alpha value is -2.70. The summed E-state index contributed by atoms with van der Waals surface area (Å²) < 4.78 is 5.59. The van der Waals surface area contributed by atoms with Crippen LogP contribution >= 0.6 is 0 Å². The molecule has 3 rings (SSSR count). The molecular formula is C16H17N3O4. The molecule has 1 aliphatic rings. The molecule has 0 N–H and O–H groups in total. The Morgan fingerprint density at radius 3 is 2.78 bits per heavy atom. The van der Waals surface area contributed by atoms with E-state index in [4.69, 9.17) is 4.74 Å². The summed E-state index contributed by atoms with van der Waals surface area (Å²) in [6.07, 6.45) is 4.74. The molecule has 1 aromatic heterocycles. The van der Waals surface area contributed by atoms with Crippen molar-refractivity contribution >= 4 is 22.5 Å². The van der Waals surface area contributed by atoms with Crippen molar-refractivity contribution in [1.29, 1.82) is 0 Å². The zero-order valence-electron chi connectivity index (χ0n) is 12.6. The summed E-state index contributed by atoms with van der Waals surface area (Å²) in [5.41, 5.74) is 0.371. The van der Waals surface area contributed by atoms with Crippen LogP contribution in [0.2, 0.25) is 0 Å². The first kappa shape index (κ1) is 15.2. The van der Waals surface area contributed by atoms with E-state index >= 15 is 0 Å². The van der Waals surface area contributed by atoms with E-state index in [0.29, 0.717) is 16.7 Å². The number of nitro groups is 1.